The van der Waals surface area contributed by atoms with Gasteiger partial charge in [0.15, 0.2) is 0 Å². The lowest BCUT2D eigenvalue weighted by Crippen LogP contribution is -2.52. The van der Waals surface area contributed by atoms with Crippen LogP contribution in [0.1, 0.15) is 49.0 Å². The van der Waals surface area contributed by atoms with E-state index in [9.17, 15) is 14.3 Å². The van der Waals surface area contributed by atoms with E-state index in [0.717, 1.165) is 55.7 Å². The van der Waals surface area contributed by atoms with Crippen LogP contribution in [0.5, 0.6) is 0 Å². The highest BCUT2D eigenvalue weighted by molar-refractivity contribution is 5.75. The van der Waals surface area contributed by atoms with Gasteiger partial charge in [0.1, 0.15) is 5.82 Å². The number of fused-ring (bicyclic) bond motifs is 2. The minimum atomic E-state index is -0.252. The van der Waals surface area contributed by atoms with E-state index in [1.165, 1.54) is 23.3 Å². The summed E-state index contributed by atoms with van der Waals surface area (Å²) >= 11 is 0. The molecule has 2 fully saturated rings. The molecule has 2 aliphatic carbocycles. The molecule has 3 aliphatic rings. The Labute approximate surface area is 235 Å². The van der Waals surface area contributed by atoms with E-state index in [0.29, 0.717) is 25.6 Å². The molecule has 2 N–H and O–H groups in total. The average molecular weight is 544 g/mol. The number of amides is 2. The van der Waals surface area contributed by atoms with Crippen molar-refractivity contribution < 1.29 is 14.3 Å². The molecule has 1 saturated carbocycles. The molecule has 1 saturated heterocycles. The molecule has 2 aromatic carbocycles. The second-order valence-corrected chi connectivity index (χ2v) is 11.6. The summed E-state index contributed by atoms with van der Waals surface area (Å²) in [7, 11) is 0. The van der Waals surface area contributed by atoms with Crippen molar-refractivity contribution >= 4 is 12.1 Å². The Hall–Kier alpha value is -3.49. The van der Waals surface area contributed by atoms with Crippen molar-refractivity contribution in [2.45, 2.75) is 38.6 Å². The maximum atomic E-state index is 13.5. The number of nitrogens with one attached hydrogen (secondary N) is 1. The minimum absolute atomic E-state index is 0.00264. The van der Waals surface area contributed by atoms with E-state index < -0.39 is 0 Å². The number of β-amino-alcohol motifs (C(OH)–C–C–N with tert-alkyl or cyclic N) is 1. The highest BCUT2D eigenvalue weighted by Gasteiger charge is 2.46. The third-order valence-electron chi connectivity index (χ3n) is 9.32. The molecule has 8 heteroatoms. The molecule has 0 spiro atoms. The summed E-state index contributed by atoms with van der Waals surface area (Å²) in [6.07, 6.45) is 8.14. The number of aromatic nitrogens is 2. The number of halogens is 1. The van der Waals surface area contributed by atoms with Gasteiger partial charge in [-0.05, 0) is 78.5 Å². The zero-order valence-corrected chi connectivity index (χ0v) is 23.1. The number of rotatable bonds is 7. The van der Waals surface area contributed by atoms with Gasteiger partial charge in [0.05, 0.1) is 30.2 Å². The summed E-state index contributed by atoms with van der Waals surface area (Å²) in [5, 5.41) is 17.3. The van der Waals surface area contributed by atoms with Crippen LogP contribution in [0.25, 0.3) is 11.8 Å². The van der Waals surface area contributed by atoms with Crippen LogP contribution in [0, 0.1) is 17.2 Å². The molecule has 3 atom stereocenters. The molecule has 2 amide bonds. The zero-order chi connectivity index (χ0) is 27.7. The van der Waals surface area contributed by atoms with E-state index in [-0.39, 0.29) is 29.9 Å². The van der Waals surface area contributed by atoms with Crippen LogP contribution in [0.4, 0.5) is 9.18 Å². The Kier molecular flexibility index (Phi) is 7.47. The van der Waals surface area contributed by atoms with Crippen LogP contribution in [-0.2, 0) is 6.42 Å². The fourth-order valence-corrected chi connectivity index (χ4v) is 6.90. The fourth-order valence-electron chi connectivity index (χ4n) is 6.90. The highest BCUT2D eigenvalue weighted by Crippen LogP contribution is 2.55. The van der Waals surface area contributed by atoms with Gasteiger partial charge in [-0.15, -0.1) is 0 Å². The van der Waals surface area contributed by atoms with Crippen molar-refractivity contribution in [2.75, 3.05) is 39.3 Å². The van der Waals surface area contributed by atoms with E-state index in [1.54, 1.807) is 12.1 Å². The summed E-state index contributed by atoms with van der Waals surface area (Å²) < 4.78 is 15.4. The molecular formula is C32H38FN5O2. The Balaban J connectivity index is 1.20. The lowest BCUT2D eigenvalue weighted by Gasteiger charge is -2.39. The second-order valence-electron chi connectivity index (χ2n) is 11.6. The molecule has 1 aromatic heterocycles. The summed E-state index contributed by atoms with van der Waals surface area (Å²) in [5.41, 5.74) is 5.73. The summed E-state index contributed by atoms with van der Waals surface area (Å²) in [6.45, 7) is 6.08. The van der Waals surface area contributed by atoms with Gasteiger partial charge in [0.2, 0.25) is 0 Å². The molecule has 0 bridgehead atoms. The maximum Gasteiger partial charge on any atom is 0.317 e. The van der Waals surface area contributed by atoms with Crippen molar-refractivity contribution in [1.29, 1.82) is 0 Å². The lowest BCUT2D eigenvalue weighted by atomic mass is 9.68. The smallest absolute Gasteiger partial charge is 0.317 e. The van der Waals surface area contributed by atoms with E-state index >= 15 is 0 Å². The number of urea groups is 1. The first-order chi connectivity index (χ1) is 19.4. The Morgan fingerprint density at radius 3 is 2.60 bits per heavy atom. The molecule has 0 radical (unpaired) electrons. The van der Waals surface area contributed by atoms with Gasteiger partial charge >= 0.3 is 6.03 Å². The first-order valence-corrected chi connectivity index (χ1v) is 14.4. The predicted molar refractivity (Wildman–Crippen MR) is 153 cm³/mol. The van der Waals surface area contributed by atoms with Crippen molar-refractivity contribution in [1.82, 2.24) is 24.9 Å². The van der Waals surface area contributed by atoms with Crippen LogP contribution in [-0.4, -0.2) is 70.0 Å². The number of carbonyl (C=O) groups excluding carboxylic acids is 1. The number of hydrogen-bond donors (Lipinski definition) is 2. The van der Waals surface area contributed by atoms with Crippen molar-refractivity contribution in [3.8, 4) is 5.69 Å². The SMILES string of the molecule is CC12Cc3cnn(-c4ccc(F)cc4)c3C=C1CCC2CC(NC(=O)N1CCN(CCO)CC1)c1ccccc1. The van der Waals surface area contributed by atoms with Gasteiger partial charge in [-0.2, -0.15) is 5.10 Å². The lowest BCUT2D eigenvalue weighted by molar-refractivity contribution is 0.119. The van der Waals surface area contributed by atoms with Gasteiger partial charge < -0.3 is 15.3 Å². The molecule has 2 heterocycles. The van der Waals surface area contributed by atoms with Crippen LogP contribution >= 0.6 is 0 Å². The van der Waals surface area contributed by atoms with Gasteiger partial charge in [0.25, 0.3) is 0 Å². The third-order valence-corrected chi connectivity index (χ3v) is 9.32. The van der Waals surface area contributed by atoms with Crippen molar-refractivity contribution in [2.24, 2.45) is 11.3 Å². The minimum Gasteiger partial charge on any atom is -0.395 e. The van der Waals surface area contributed by atoms with E-state index in [4.69, 9.17) is 0 Å². The number of piperazine rings is 1. The molecule has 210 valence electrons. The standard InChI is InChI=1S/C32H38FN5O2/c1-32-21-24-22-34-38(28-11-9-27(33)10-12-28)30(24)20-26(32)8-7-25(32)19-29(23-5-3-2-4-6-23)35-31(40)37-15-13-36(14-16-37)17-18-39/h2-6,9-12,20,22,25,29,39H,7-8,13-19,21H2,1H3,(H,35,40). The Bertz CT molecular complexity index is 1360. The average Bonchev–Trinajstić information content (AvgIpc) is 3.52. The van der Waals surface area contributed by atoms with Crippen molar-refractivity contribution in [3.05, 3.63) is 89.0 Å². The van der Waals surface area contributed by atoms with Gasteiger partial charge in [-0.25, -0.2) is 13.9 Å². The fraction of sp³-hybridized carbons (Fsp3) is 0.438. The van der Waals surface area contributed by atoms with E-state index in [1.807, 2.05) is 34.0 Å². The van der Waals surface area contributed by atoms with E-state index in [2.05, 4.69) is 40.4 Å². The molecule has 3 aromatic rings. The van der Waals surface area contributed by atoms with Gasteiger partial charge in [-0.1, -0.05) is 42.8 Å². The number of hydrogen-bond acceptors (Lipinski definition) is 4. The normalized spacial score (nSPS) is 23.3. The molecule has 7 nitrogen and oxygen atoms in total. The van der Waals surface area contributed by atoms with Crippen LogP contribution in [0.2, 0.25) is 0 Å². The quantitative estimate of drug-likeness (QED) is 0.448. The topological polar surface area (TPSA) is 73.6 Å². The number of aliphatic hydroxyl groups is 1. The van der Waals surface area contributed by atoms with Gasteiger partial charge in [-0.3, -0.25) is 4.90 Å². The molecule has 1 aliphatic heterocycles. The Morgan fingerprint density at radius 2 is 1.88 bits per heavy atom. The summed E-state index contributed by atoms with van der Waals surface area (Å²) in [5.74, 6) is 0.159. The number of allylic oxidation sites excluding steroid dienone is 1. The monoisotopic (exact) mass is 543 g/mol. The zero-order valence-electron chi connectivity index (χ0n) is 23.1. The molecule has 3 unspecified atom stereocenters. The largest absolute Gasteiger partial charge is 0.395 e. The molecule has 6 rings (SSSR count). The molecule has 40 heavy (non-hydrogen) atoms. The highest BCUT2D eigenvalue weighted by atomic mass is 19.1. The number of benzene rings is 2. The maximum absolute atomic E-state index is 13.5. The predicted octanol–water partition coefficient (Wildman–Crippen LogP) is 4.82. The first kappa shape index (κ1) is 26.7. The van der Waals surface area contributed by atoms with Crippen LogP contribution in [0.15, 0.2) is 66.4 Å². The second kappa shape index (κ2) is 11.2. The van der Waals surface area contributed by atoms with Crippen LogP contribution < -0.4 is 5.32 Å². The third kappa shape index (κ3) is 5.18. The number of carbonyl (C=O) groups is 1. The molecular weight excluding hydrogens is 505 g/mol. The number of nitrogens with zero attached hydrogens (tertiary/aromatic N) is 4. The van der Waals surface area contributed by atoms with Crippen LogP contribution in [0.3, 0.4) is 0 Å². The summed E-state index contributed by atoms with van der Waals surface area (Å²) in [4.78, 5) is 17.5. The Morgan fingerprint density at radius 1 is 1.12 bits per heavy atom. The van der Waals surface area contributed by atoms with Gasteiger partial charge in [0, 0.05) is 32.7 Å². The summed E-state index contributed by atoms with van der Waals surface area (Å²) in [6, 6.07) is 16.7. The first-order valence-electron chi connectivity index (χ1n) is 14.4. The van der Waals surface area contributed by atoms with Crippen molar-refractivity contribution in [3.63, 3.8) is 0 Å². The number of aliphatic hydroxyl groups excluding tert-OH is 1.